The Balaban J connectivity index is 1.95. The Bertz CT molecular complexity index is 573. The van der Waals surface area contributed by atoms with E-state index in [1.165, 1.54) is 0 Å². The number of anilines is 1. The normalized spacial score (nSPS) is 26.5. The predicted molar refractivity (Wildman–Crippen MR) is 85.4 cm³/mol. The number of rotatable bonds is 0. The fourth-order valence-corrected chi connectivity index (χ4v) is 3.32. The molecule has 0 saturated carbocycles. The van der Waals surface area contributed by atoms with E-state index in [1.807, 2.05) is 24.3 Å². The highest BCUT2D eigenvalue weighted by molar-refractivity contribution is 6.03. The van der Waals surface area contributed by atoms with Gasteiger partial charge in [-0.05, 0) is 37.0 Å². The summed E-state index contributed by atoms with van der Waals surface area (Å²) in [5.74, 6) is -0.0273. The molecule has 1 aromatic rings. The fraction of sp³-hybridized carbons (Fsp3) is 0.529. The molecular weight excluding hydrogens is 278 g/mol. The Morgan fingerprint density at radius 2 is 2.00 bits per heavy atom. The van der Waals surface area contributed by atoms with Crippen molar-refractivity contribution in [2.45, 2.75) is 50.6 Å². The quantitative estimate of drug-likeness (QED) is 0.768. The van der Waals surface area contributed by atoms with E-state index in [0.29, 0.717) is 19.4 Å². The number of carbonyl (C=O) groups excluding carboxylic acids is 2. The van der Waals surface area contributed by atoms with E-state index in [-0.39, 0.29) is 23.9 Å². The number of carbonyl (C=O) groups is 2. The second-order valence-corrected chi connectivity index (χ2v) is 6.16. The third kappa shape index (κ3) is 2.99. The summed E-state index contributed by atoms with van der Waals surface area (Å²) >= 11 is 0. The van der Waals surface area contributed by atoms with Gasteiger partial charge < -0.3 is 11.1 Å². The Morgan fingerprint density at radius 1 is 1.14 bits per heavy atom. The largest absolute Gasteiger partial charge is 0.354 e. The molecule has 1 saturated heterocycles. The molecule has 1 fully saturated rings. The van der Waals surface area contributed by atoms with E-state index in [0.717, 1.165) is 36.9 Å². The first-order valence-corrected chi connectivity index (χ1v) is 8.12. The van der Waals surface area contributed by atoms with Gasteiger partial charge in [-0.3, -0.25) is 14.5 Å². The van der Waals surface area contributed by atoms with Gasteiger partial charge in [0.05, 0.1) is 0 Å². The number of nitrogens with one attached hydrogen (secondary N) is 1. The van der Waals surface area contributed by atoms with Gasteiger partial charge in [-0.1, -0.05) is 25.0 Å². The van der Waals surface area contributed by atoms with Crippen LogP contribution in [0.5, 0.6) is 0 Å². The van der Waals surface area contributed by atoms with Crippen LogP contribution in [0.3, 0.4) is 0 Å². The van der Waals surface area contributed by atoms with Crippen molar-refractivity contribution in [3.8, 4) is 0 Å². The molecule has 0 aromatic heterocycles. The molecule has 2 aliphatic heterocycles. The van der Waals surface area contributed by atoms with E-state index < -0.39 is 0 Å². The van der Waals surface area contributed by atoms with Gasteiger partial charge in [0.25, 0.3) is 0 Å². The number of benzene rings is 1. The smallest absolute Gasteiger partial charge is 0.243 e. The van der Waals surface area contributed by atoms with Crippen LogP contribution in [0.1, 0.15) is 50.1 Å². The molecular formula is C17H23N3O2. The van der Waals surface area contributed by atoms with Crippen molar-refractivity contribution in [1.82, 2.24) is 5.32 Å². The van der Waals surface area contributed by atoms with E-state index >= 15 is 0 Å². The minimum Gasteiger partial charge on any atom is -0.354 e. The zero-order chi connectivity index (χ0) is 15.5. The standard InChI is InChI=1S/C17H23N3O2/c18-14-7-2-1-3-10-19-17(22)15-8-9-16(21)20(15)13-6-4-5-12(14)11-13/h4-6,11,14-15H,1-3,7-10,18H2,(H,19,22)/t14-,15+/m0/s1. The van der Waals surface area contributed by atoms with E-state index in [1.54, 1.807) is 4.90 Å². The number of fused-ring (bicyclic) bond motifs is 4. The van der Waals surface area contributed by atoms with Gasteiger partial charge in [0.15, 0.2) is 0 Å². The van der Waals surface area contributed by atoms with Gasteiger partial charge in [0.1, 0.15) is 6.04 Å². The van der Waals surface area contributed by atoms with Gasteiger partial charge in [0, 0.05) is 24.7 Å². The van der Waals surface area contributed by atoms with Crippen molar-refractivity contribution in [2.75, 3.05) is 11.4 Å². The molecule has 2 atom stereocenters. The lowest BCUT2D eigenvalue weighted by atomic mass is 10.0. The predicted octanol–water partition coefficient (Wildman–Crippen LogP) is 1.87. The molecule has 118 valence electrons. The topological polar surface area (TPSA) is 75.4 Å². The molecule has 3 N–H and O–H groups in total. The molecule has 0 spiro atoms. The summed E-state index contributed by atoms with van der Waals surface area (Å²) in [4.78, 5) is 26.3. The van der Waals surface area contributed by atoms with Crippen LogP contribution in [0.4, 0.5) is 5.69 Å². The first-order chi connectivity index (χ1) is 10.7. The molecule has 0 unspecified atom stereocenters. The van der Waals surface area contributed by atoms with E-state index in [2.05, 4.69) is 5.32 Å². The molecule has 2 amide bonds. The maximum absolute atomic E-state index is 12.4. The molecule has 22 heavy (non-hydrogen) atoms. The first-order valence-electron chi connectivity index (χ1n) is 8.12. The maximum Gasteiger partial charge on any atom is 0.243 e. The molecule has 1 aromatic carbocycles. The Kier molecular flexibility index (Phi) is 4.43. The fourth-order valence-electron chi connectivity index (χ4n) is 3.32. The highest BCUT2D eigenvalue weighted by Gasteiger charge is 2.37. The lowest BCUT2D eigenvalue weighted by Crippen LogP contribution is -2.45. The zero-order valence-corrected chi connectivity index (χ0v) is 12.8. The summed E-state index contributed by atoms with van der Waals surface area (Å²) in [6.45, 7) is 0.671. The average molecular weight is 301 g/mol. The van der Waals surface area contributed by atoms with Crippen LogP contribution in [0.15, 0.2) is 24.3 Å². The van der Waals surface area contributed by atoms with Gasteiger partial charge in [-0.2, -0.15) is 0 Å². The van der Waals surface area contributed by atoms with Crippen molar-refractivity contribution in [1.29, 1.82) is 0 Å². The van der Waals surface area contributed by atoms with Crippen molar-refractivity contribution in [3.05, 3.63) is 29.8 Å². The summed E-state index contributed by atoms with van der Waals surface area (Å²) in [6, 6.07) is 7.37. The average Bonchev–Trinajstić information content (AvgIpc) is 2.91. The Labute approximate surface area is 130 Å². The number of nitrogens with zero attached hydrogens (tertiary/aromatic N) is 1. The van der Waals surface area contributed by atoms with Crippen molar-refractivity contribution >= 4 is 17.5 Å². The SMILES string of the molecule is N[C@H]1CCCCCNC(=O)[C@H]2CCC(=O)N2c2cccc1c2. The van der Waals surface area contributed by atoms with Crippen LogP contribution in [-0.4, -0.2) is 24.4 Å². The first kappa shape index (κ1) is 15.0. The third-order valence-electron chi connectivity index (χ3n) is 4.58. The van der Waals surface area contributed by atoms with Crippen LogP contribution in [-0.2, 0) is 9.59 Å². The lowest BCUT2D eigenvalue weighted by molar-refractivity contribution is -0.123. The zero-order valence-electron chi connectivity index (χ0n) is 12.8. The molecule has 5 nitrogen and oxygen atoms in total. The Morgan fingerprint density at radius 3 is 2.86 bits per heavy atom. The summed E-state index contributed by atoms with van der Waals surface area (Å²) in [6.07, 6.45) is 5.00. The molecule has 0 radical (unpaired) electrons. The van der Waals surface area contributed by atoms with Crippen LogP contribution in [0.25, 0.3) is 0 Å². The third-order valence-corrected chi connectivity index (χ3v) is 4.58. The van der Waals surface area contributed by atoms with Crippen LogP contribution >= 0.6 is 0 Å². The summed E-state index contributed by atoms with van der Waals surface area (Å²) < 4.78 is 0. The van der Waals surface area contributed by atoms with E-state index in [9.17, 15) is 9.59 Å². The molecule has 2 heterocycles. The maximum atomic E-state index is 12.4. The molecule has 3 rings (SSSR count). The second-order valence-electron chi connectivity index (χ2n) is 6.16. The molecule has 5 heteroatoms. The van der Waals surface area contributed by atoms with Crippen molar-refractivity contribution in [3.63, 3.8) is 0 Å². The van der Waals surface area contributed by atoms with Gasteiger partial charge in [0.2, 0.25) is 11.8 Å². The van der Waals surface area contributed by atoms with Gasteiger partial charge in [-0.25, -0.2) is 0 Å². The summed E-state index contributed by atoms with van der Waals surface area (Å²) in [5.41, 5.74) is 8.10. The number of hydrogen-bond acceptors (Lipinski definition) is 3. The lowest BCUT2D eigenvalue weighted by Gasteiger charge is -2.25. The van der Waals surface area contributed by atoms with Crippen molar-refractivity contribution in [2.24, 2.45) is 5.73 Å². The highest BCUT2D eigenvalue weighted by Crippen LogP contribution is 2.29. The van der Waals surface area contributed by atoms with Crippen LogP contribution < -0.4 is 16.0 Å². The van der Waals surface area contributed by atoms with Gasteiger partial charge >= 0.3 is 0 Å². The van der Waals surface area contributed by atoms with Crippen LogP contribution in [0.2, 0.25) is 0 Å². The highest BCUT2D eigenvalue weighted by atomic mass is 16.2. The molecule has 2 bridgehead atoms. The summed E-state index contributed by atoms with van der Waals surface area (Å²) in [5, 5.41) is 2.97. The minimum atomic E-state index is -0.389. The minimum absolute atomic E-state index is 0.0134. The summed E-state index contributed by atoms with van der Waals surface area (Å²) in [7, 11) is 0. The number of nitrogens with two attached hydrogens (primary N) is 1. The van der Waals surface area contributed by atoms with Crippen molar-refractivity contribution < 1.29 is 9.59 Å². The number of amides is 2. The number of hydrogen-bond donors (Lipinski definition) is 2. The van der Waals surface area contributed by atoms with E-state index in [4.69, 9.17) is 5.73 Å². The van der Waals surface area contributed by atoms with Gasteiger partial charge in [-0.15, -0.1) is 0 Å². The molecule has 2 aliphatic rings. The molecule has 0 aliphatic carbocycles. The Hall–Kier alpha value is -1.88. The second kappa shape index (κ2) is 6.48. The van der Waals surface area contributed by atoms with Crippen LogP contribution in [0, 0.1) is 0 Å². The monoisotopic (exact) mass is 301 g/mol.